The maximum Gasteiger partial charge on any atom is 0.229 e. The van der Waals surface area contributed by atoms with Crippen LogP contribution in [0.5, 0.6) is 0 Å². The van der Waals surface area contributed by atoms with E-state index < -0.39 is 6.10 Å². The Bertz CT molecular complexity index is 903. The van der Waals surface area contributed by atoms with Gasteiger partial charge in [0.2, 0.25) is 5.91 Å². The van der Waals surface area contributed by atoms with Crippen molar-refractivity contribution in [1.82, 2.24) is 4.98 Å². The summed E-state index contributed by atoms with van der Waals surface area (Å²) >= 11 is 0. The van der Waals surface area contributed by atoms with Crippen LogP contribution in [0.1, 0.15) is 25.8 Å². The van der Waals surface area contributed by atoms with Gasteiger partial charge in [0.1, 0.15) is 11.6 Å². The maximum atomic E-state index is 14.0. The second-order valence-corrected chi connectivity index (χ2v) is 7.95. The molecule has 1 aliphatic heterocycles. The third-order valence-electron chi connectivity index (χ3n) is 5.44. The summed E-state index contributed by atoms with van der Waals surface area (Å²) in [5.41, 5.74) is 2.81. The molecule has 2 unspecified atom stereocenters. The number of benzene rings is 1. The van der Waals surface area contributed by atoms with Gasteiger partial charge < -0.3 is 20.0 Å². The number of carbonyl (C=O) groups excluding carboxylic acids is 1. The first-order valence-corrected chi connectivity index (χ1v) is 9.82. The van der Waals surface area contributed by atoms with Gasteiger partial charge in [-0.25, -0.2) is 9.37 Å². The number of aromatic nitrogens is 1. The Morgan fingerprint density at radius 3 is 2.72 bits per heavy atom. The zero-order valence-electron chi connectivity index (χ0n) is 17.3. The lowest BCUT2D eigenvalue weighted by molar-refractivity contribution is -0.121. The van der Waals surface area contributed by atoms with Gasteiger partial charge >= 0.3 is 0 Å². The number of pyridine rings is 1. The molecule has 2 aromatic rings. The Morgan fingerprint density at radius 1 is 1.34 bits per heavy atom. The average Bonchev–Trinajstić information content (AvgIpc) is 3.09. The lowest BCUT2D eigenvalue weighted by Gasteiger charge is -2.27. The molecule has 0 spiro atoms. The van der Waals surface area contributed by atoms with E-state index in [0.29, 0.717) is 35.6 Å². The van der Waals surface area contributed by atoms with Crippen LogP contribution in [0.15, 0.2) is 30.5 Å². The average molecular weight is 401 g/mol. The minimum Gasteiger partial charge on any atom is -0.394 e. The van der Waals surface area contributed by atoms with Gasteiger partial charge in [0.25, 0.3) is 0 Å². The smallest absolute Gasteiger partial charge is 0.229 e. The molecule has 29 heavy (non-hydrogen) atoms. The zero-order chi connectivity index (χ0) is 21.3. The first-order valence-electron chi connectivity index (χ1n) is 9.82. The minimum atomic E-state index is -0.543. The molecule has 2 N–H and O–H groups in total. The van der Waals surface area contributed by atoms with Gasteiger partial charge in [-0.15, -0.1) is 0 Å². The quantitative estimate of drug-likeness (QED) is 0.806. The number of aliphatic hydroxyl groups excluding tert-OH is 2. The predicted molar refractivity (Wildman–Crippen MR) is 111 cm³/mol. The number of amides is 1. The fourth-order valence-corrected chi connectivity index (χ4v) is 3.81. The van der Waals surface area contributed by atoms with E-state index in [1.807, 2.05) is 31.7 Å². The van der Waals surface area contributed by atoms with E-state index in [9.17, 15) is 19.4 Å². The molecule has 1 saturated heterocycles. The summed E-state index contributed by atoms with van der Waals surface area (Å²) in [4.78, 5) is 20.5. The first kappa shape index (κ1) is 21.2. The molecule has 1 aliphatic rings. The highest BCUT2D eigenvalue weighted by atomic mass is 19.1. The summed E-state index contributed by atoms with van der Waals surface area (Å²) in [7, 11) is 1.69. The van der Waals surface area contributed by atoms with Crippen LogP contribution in [0.3, 0.4) is 0 Å². The molecule has 1 aromatic carbocycles. The highest BCUT2D eigenvalue weighted by Crippen LogP contribution is 2.37. The fourth-order valence-electron chi connectivity index (χ4n) is 3.81. The second-order valence-electron chi connectivity index (χ2n) is 7.95. The largest absolute Gasteiger partial charge is 0.394 e. The number of nitrogens with zero attached hydrogens (tertiary/aromatic N) is 3. The number of hydrogen-bond donors (Lipinski definition) is 2. The van der Waals surface area contributed by atoms with Crippen molar-refractivity contribution in [3.63, 3.8) is 0 Å². The summed E-state index contributed by atoms with van der Waals surface area (Å²) in [6.07, 6.45) is 1.52. The Kier molecular flexibility index (Phi) is 6.19. The van der Waals surface area contributed by atoms with Crippen molar-refractivity contribution < 1.29 is 19.4 Å². The second kappa shape index (κ2) is 8.47. The fraction of sp³-hybridized carbons (Fsp3) is 0.455. The molecule has 1 fully saturated rings. The standard InChI is InChI=1S/C22H28FN3O3/c1-13(2)22(29)25(4)20-10-24-21(26-11-17(28)8-16(26)12-27)9-19(20)18-7-15(23)6-5-14(18)3/h5-7,9-10,13,16-17,27-28H,8,11-12H2,1-4H3. The molecule has 0 radical (unpaired) electrons. The molecule has 6 nitrogen and oxygen atoms in total. The third kappa shape index (κ3) is 4.26. The topological polar surface area (TPSA) is 76.9 Å². The molecule has 1 amide bonds. The summed E-state index contributed by atoms with van der Waals surface area (Å²) in [5.74, 6) is -0.0562. The van der Waals surface area contributed by atoms with Crippen molar-refractivity contribution >= 4 is 17.4 Å². The Hall–Kier alpha value is -2.51. The molecule has 2 heterocycles. The predicted octanol–water partition coefficient (Wildman–Crippen LogP) is 2.75. The first-order chi connectivity index (χ1) is 13.7. The van der Waals surface area contributed by atoms with E-state index >= 15 is 0 Å². The van der Waals surface area contributed by atoms with Crippen LogP contribution in [0.4, 0.5) is 15.9 Å². The van der Waals surface area contributed by atoms with Crippen LogP contribution in [-0.2, 0) is 4.79 Å². The molecule has 3 rings (SSSR count). The normalized spacial score (nSPS) is 19.1. The Balaban J connectivity index is 2.15. The van der Waals surface area contributed by atoms with Gasteiger partial charge in [0.05, 0.1) is 30.6 Å². The van der Waals surface area contributed by atoms with Gasteiger partial charge in [-0.1, -0.05) is 19.9 Å². The third-order valence-corrected chi connectivity index (χ3v) is 5.44. The van der Waals surface area contributed by atoms with E-state index in [2.05, 4.69) is 4.98 Å². The van der Waals surface area contributed by atoms with Gasteiger partial charge in [-0.3, -0.25) is 4.79 Å². The molecule has 1 aromatic heterocycles. The van der Waals surface area contributed by atoms with Crippen molar-refractivity contribution in [2.45, 2.75) is 39.3 Å². The Labute approximate surface area is 170 Å². The van der Waals surface area contributed by atoms with Gasteiger partial charge in [0.15, 0.2) is 0 Å². The van der Waals surface area contributed by atoms with E-state index in [-0.39, 0.29) is 30.3 Å². The Morgan fingerprint density at radius 2 is 2.07 bits per heavy atom. The molecule has 2 atom stereocenters. The summed E-state index contributed by atoms with van der Waals surface area (Å²) in [5, 5.41) is 19.7. The SMILES string of the molecule is Cc1ccc(F)cc1-c1cc(N2CC(O)CC2CO)ncc1N(C)C(=O)C(C)C. The van der Waals surface area contributed by atoms with Crippen molar-refractivity contribution in [3.8, 4) is 11.1 Å². The zero-order valence-corrected chi connectivity index (χ0v) is 17.3. The van der Waals surface area contributed by atoms with Crippen molar-refractivity contribution in [3.05, 3.63) is 41.8 Å². The van der Waals surface area contributed by atoms with Crippen molar-refractivity contribution in [2.24, 2.45) is 5.92 Å². The summed E-state index contributed by atoms with van der Waals surface area (Å²) < 4.78 is 14.0. The van der Waals surface area contributed by atoms with Gasteiger partial charge in [-0.2, -0.15) is 0 Å². The molecule has 156 valence electrons. The van der Waals surface area contributed by atoms with Crippen LogP contribution in [0.2, 0.25) is 0 Å². The monoisotopic (exact) mass is 401 g/mol. The van der Waals surface area contributed by atoms with Crippen molar-refractivity contribution in [1.29, 1.82) is 0 Å². The van der Waals surface area contributed by atoms with Crippen molar-refractivity contribution in [2.75, 3.05) is 30.0 Å². The van der Waals surface area contributed by atoms with E-state index in [4.69, 9.17) is 0 Å². The van der Waals surface area contributed by atoms with E-state index in [0.717, 1.165) is 5.56 Å². The summed E-state index contributed by atoms with van der Waals surface area (Å²) in [6, 6.07) is 6.13. The lowest BCUT2D eigenvalue weighted by atomic mass is 9.98. The van der Waals surface area contributed by atoms with Crippen LogP contribution >= 0.6 is 0 Å². The molecule has 0 saturated carbocycles. The number of halogens is 1. The summed E-state index contributed by atoms with van der Waals surface area (Å²) in [6.45, 7) is 5.80. The number of aryl methyl sites for hydroxylation is 1. The highest BCUT2D eigenvalue weighted by molar-refractivity contribution is 5.98. The number of β-amino-alcohol motifs (C(OH)–C–C–N with tert-alkyl or cyclic N) is 1. The number of anilines is 2. The molecule has 0 bridgehead atoms. The van der Waals surface area contributed by atoms with Crippen LogP contribution in [-0.4, -0.2) is 53.4 Å². The van der Waals surface area contributed by atoms with E-state index in [1.165, 1.54) is 12.1 Å². The molecule has 0 aliphatic carbocycles. The maximum absolute atomic E-state index is 14.0. The number of aliphatic hydroxyl groups is 2. The van der Waals surface area contributed by atoms with Crippen LogP contribution in [0.25, 0.3) is 11.1 Å². The lowest BCUT2D eigenvalue weighted by Crippen LogP contribution is -2.34. The number of hydrogen-bond acceptors (Lipinski definition) is 5. The van der Waals surface area contributed by atoms with Gasteiger partial charge in [0, 0.05) is 25.1 Å². The van der Waals surface area contributed by atoms with Crippen LogP contribution in [0, 0.1) is 18.7 Å². The van der Waals surface area contributed by atoms with E-state index in [1.54, 1.807) is 24.2 Å². The van der Waals surface area contributed by atoms with Crippen LogP contribution < -0.4 is 9.80 Å². The van der Waals surface area contributed by atoms with Gasteiger partial charge in [-0.05, 0) is 42.7 Å². The molecular formula is C22H28FN3O3. The molecular weight excluding hydrogens is 373 g/mol. The number of rotatable bonds is 5. The number of carbonyl (C=O) groups is 1. The molecule has 7 heteroatoms. The minimum absolute atomic E-state index is 0.0697. The highest BCUT2D eigenvalue weighted by Gasteiger charge is 2.32.